The van der Waals surface area contributed by atoms with Crippen LogP contribution >= 0.6 is 0 Å². The van der Waals surface area contributed by atoms with Crippen molar-refractivity contribution < 1.29 is 9.90 Å². The molecule has 0 unspecified atom stereocenters. The standard InChI is InChI=1S/C16H25N5O2/c1-19(8-2-6-17)16(23)13-20-9-4-14(5-10-20)15-3-7-18-21(15)11-12-22/h3,7,14,22H,2,4-5,8-13H2,1H3. The molecule has 23 heavy (non-hydrogen) atoms. The lowest BCUT2D eigenvalue weighted by atomic mass is 9.93. The minimum atomic E-state index is 0.0732. The van der Waals surface area contributed by atoms with Crippen molar-refractivity contribution in [2.45, 2.75) is 31.7 Å². The minimum Gasteiger partial charge on any atom is -0.394 e. The number of likely N-dealkylation sites (tertiary alicyclic amines) is 1. The Morgan fingerprint density at radius 3 is 2.91 bits per heavy atom. The number of carbonyl (C=O) groups is 1. The number of piperidine rings is 1. The highest BCUT2D eigenvalue weighted by Crippen LogP contribution is 2.27. The van der Waals surface area contributed by atoms with Gasteiger partial charge in [0.15, 0.2) is 0 Å². The molecule has 0 aromatic carbocycles. The van der Waals surface area contributed by atoms with E-state index < -0.39 is 0 Å². The van der Waals surface area contributed by atoms with Crippen LogP contribution in [-0.2, 0) is 11.3 Å². The number of carbonyl (C=O) groups excluding carboxylic acids is 1. The zero-order valence-corrected chi connectivity index (χ0v) is 13.7. The van der Waals surface area contributed by atoms with E-state index in [2.05, 4.69) is 16.1 Å². The summed E-state index contributed by atoms with van der Waals surface area (Å²) in [7, 11) is 1.75. The van der Waals surface area contributed by atoms with Gasteiger partial charge in [-0.15, -0.1) is 0 Å². The molecular formula is C16H25N5O2. The number of hydrogen-bond donors (Lipinski definition) is 1. The fourth-order valence-electron chi connectivity index (χ4n) is 3.01. The van der Waals surface area contributed by atoms with Gasteiger partial charge in [-0.1, -0.05) is 0 Å². The second kappa shape index (κ2) is 8.65. The Labute approximate surface area is 137 Å². The maximum atomic E-state index is 12.1. The van der Waals surface area contributed by atoms with Crippen LogP contribution in [0.25, 0.3) is 0 Å². The van der Waals surface area contributed by atoms with Crippen molar-refractivity contribution in [3.63, 3.8) is 0 Å². The average Bonchev–Trinajstić information content (AvgIpc) is 3.02. The summed E-state index contributed by atoms with van der Waals surface area (Å²) < 4.78 is 1.88. The zero-order chi connectivity index (χ0) is 16.7. The van der Waals surface area contributed by atoms with Gasteiger partial charge >= 0.3 is 0 Å². The van der Waals surface area contributed by atoms with Crippen molar-refractivity contribution in [1.82, 2.24) is 19.6 Å². The van der Waals surface area contributed by atoms with Crippen molar-refractivity contribution in [2.24, 2.45) is 0 Å². The van der Waals surface area contributed by atoms with Crippen LogP contribution in [0, 0.1) is 11.3 Å². The van der Waals surface area contributed by atoms with Crippen molar-refractivity contribution in [1.29, 1.82) is 5.26 Å². The first-order valence-corrected chi connectivity index (χ1v) is 8.11. The molecule has 1 N–H and O–H groups in total. The molecular weight excluding hydrogens is 294 g/mol. The van der Waals surface area contributed by atoms with E-state index in [-0.39, 0.29) is 12.5 Å². The number of amides is 1. The van der Waals surface area contributed by atoms with Gasteiger partial charge in [0.05, 0.1) is 32.2 Å². The van der Waals surface area contributed by atoms with Crippen molar-refractivity contribution >= 4 is 5.91 Å². The quantitative estimate of drug-likeness (QED) is 0.787. The van der Waals surface area contributed by atoms with Crippen LogP contribution in [0.15, 0.2) is 12.3 Å². The largest absolute Gasteiger partial charge is 0.394 e. The smallest absolute Gasteiger partial charge is 0.236 e. The molecule has 126 valence electrons. The first kappa shape index (κ1) is 17.4. The highest BCUT2D eigenvalue weighted by Gasteiger charge is 2.24. The van der Waals surface area contributed by atoms with Crippen molar-refractivity contribution in [3.8, 4) is 6.07 Å². The topological polar surface area (TPSA) is 85.4 Å². The molecule has 1 aromatic rings. The first-order chi connectivity index (χ1) is 11.2. The molecule has 0 spiro atoms. The third-order valence-electron chi connectivity index (χ3n) is 4.41. The highest BCUT2D eigenvalue weighted by molar-refractivity contribution is 5.78. The van der Waals surface area contributed by atoms with Gasteiger partial charge in [0.25, 0.3) is 0 Å². The summed E-state index contributed by atoms with van der Waals surface area (Å²) in [6.07, 6.45) is 4.14. The third-order valence-corrected chi connectivity index (χ3v) is 4.41. The highest BCUT2D eigenvalue weighted by atomic mass is 16.3. The maximum absolute atomic E-state index is 12.1. The summed E-state index contributed by atoms with van der Waals surface area (Å²) in [6, 6.07) is 4.09. The Morgan fingerprint density at radius 2 is 2.26 bits per heavy atom. The molecule has 1 saturated heterocycles. The van der Waals surface area contributed by atoms with E-state index in [4.69, 9.17) is 10.4 Å². The number of nitrogens with zero attached hydrogens (tertiary/aromatic N) is 5. The molecule has 2 rings (SSSR count). The van der Waals surface area contributed by atoms with Gasteiger partial charge < -0.3 is 10.0 Å². The van der Waals surface area contributed by atoms with Gasteiger partial charge in [-0.3, -0.25) is 14.4 Å². The predicted molar refractivity (Wildman–Crippen MR) is 85.6 cm³/mol. The van der Waals surface area contributed by atoms with Crippen LogP contribution in [0.4, 0.5) is 0 Å². The number of hydrogen-bond acceptors (Lipinski definition) is 5. The summed E-state index contributed by atoms with van der Waals surface area (Å²) in [5, 5.41) is 21.9. The summed E-state index contributed by atoms with van der Waals surface area (Å²) >= 11 is 0. The van der Waals surface area contributed by atoms with Crippen LogP contribution in [-0.4, -0.2) is 70.4 Å². The summed E-state index contributed by atoms with van der Waals surface area (Å²) in [4.78, 5) is 15.9. The lowest BCUT2D eigenvalue weighted by Gasteiger charge is -2.32. The van der Waals surface area contributed by atoms with Crippen molar-refractivity contribution in [3.05, 3.63) is 18.0 Å². The molecule has 1 amide bonds. The monoisotopic (exact) mass is 319 g/mol. The number of aliphatic hydroxyl groups excluding tert-OH is 1. The number of nitriles is 1. The van der Waals surface area contributed by atoms with Gasteiger partial charge in [-0.05, 0) is 32.0 Å². The van der Waals surface area contributed by atoms with Gasteiger partial charge in [0.1, 0.15) is 0 Å². The molecule has 0 saturated carbocycles. The lowest BCUT2D eigenvalue weighted by molar-refractivity contribution is -0.131. The van der Waals surface area contributed by atoms with Crippen LogP contribution in [0.2, 0.25) is 0 Å². The molecule has 7 nitrogen and oxygen atoms in total. The second-order valence-electron chi connectivity index (χ2n) is 5.98. The molecule has 1 fully saturated rings. The molecule has 7 heteroatoms. The van der Waals surface area contributed by atoms with Gasteiger partial charge in [-0.25, -0.2) is 0 Å². The number of aromatic nitrogens is 2. The molecule has 0 bridgehead atoms. The summed E-state index contributed by atoms with van der Waals surface area (Å²) in [5.74, 6) is 0.510. The summed E-state index contributed by atoms with van der Waals surface area (Å²) in [6.45, 7) is 3.30. The first-order valence-electron chi connectivity index (χ1n) is 8.11. The lowest BCUT2D eigenvalue weighted by Crippen LogP contribution is -2.42. The molecule has 0 aliphatic carbocycles. The van der Waals surface area contributed by atoms with Crippen LogP contribution < -0.4 is 0 Å². The summed E-state index contributed by atoms with van der Waals surface area (Å²) in [5.41, 5.74) is 1.18. The Morgan fingerprint density at radius 1 is 1.52 bits per heavy atom. The fourth-order valence-corrected chi connectivity index (χ4v) is 3.01. The van der Waals surface area contributed by atoms with Gasteiger partial charge in [-0.2, -0.15) is 10.4 Å². The Hall–Kier alpha value is -1.91. The fraction of sp³-hybridized carbons (Fsp3) is 0.688. The molecule has 0 atom stereocenters. The zero-order valence-electron chi connectivity index (χ0n) is 13.7. The van der Waals surface area contributed by atoms with E-state index in [0.29, 0.717) is 32.0 Å². The van der Waals surface area contributed by atoms with Crippen LogP contribution in [0.3, 0.4) is 0 Å². The third kappa shape index (κ3) is 4.78. The Kier molecular flexibility index (Phi) is 6.56. The molecule has 1 aliphatic heterocycles. The van der Waals surface area contributed by atoms with E-state index in [1.807, 2.05) is 10.7 Å². The van der Waals surface area contributed by atoms with Crippen molar-refractivity contribution in [2.75, 3.05) is 39.8 Å². The average molecular weight is 319 g/mol. The maximum Gasteiger partial charge on any atom is 0.236 e. The van der Waals surface area contributed by atoms with E-state index in [1.54, 1.807) is 18.1 Å². The SMILES string of the molecule is CN(CCC#N)C(=O)CN1CCC(c2ccnn2CCO)CC1. The minimum absolute atomic E-state index is 0.0732. The number of likely N-dealkylation sites (N-methyl/N-ethyl adjacent to an activating group) is 1. The van der Waals surface area contributed by atoms with Gasteiger partial charge in [0, 0.05) is 31.4 Å². The van der Waals surface area contributed by atoms with Crippen LogP contribution in [0.5, 0.6) is 0 Å². The van der Waals surface area contributed by atoms with Gasteiger partial charge in [0.2, 0.25) is 5.91 Å². The number of rotatable bonds is 7. The molecule has 1 aliphatic rings. The van der Waals surface area contributed by atoms with E-state index in [1.165, 1.54) is 5.69 Å². The van der Waals surface area contributed by atoms with E-state index in [0.717, 1.165) is 25.9 Å². The predicted octanol–water partition coefficient (Wildman–Crippen LogP) is 0.427. The number of aliphatic hydroxyl groups is 1. The Bertz CT molecular complexity index is 543. The molecule has 2 heterocycles. The normalized spacial score (nSPS) is 16.2. The molecule has 0 radical (unpaired) electrons. The Balaban J connectivity index is 1.81. The van der Waals surface area contributed by atoms with E-state index >= 15 is 0 Å². The van der Waals surface area contributed by atoms with E-state index in [9.17, 15) is 4.79 Å². The molecule has 1 aromatic heterocycles. The van der Waals surface area contributed by atoms with Crippen LogP contribution in [0.1, 0.15) is 30.9 Å². The second-order valence-corrected chi connectivity index (χ2v) is 5.98.